The fourth-order valence-corrected chi connectivity index (χ4v) is 2.60. The predicted octanol–water partition coefficient (Wildman–Crippen LogP) is 3.28. The number of hydrogen-bond donors (Lipinski definition) is 3. The second-order valence-electron chi connectivity index (χ2n) is 6.10. The molecular formula is C19H22N2O4. The van der Waals surface area contributed by atoms with Gasteiger partial charge in [0.1, 0.15) is 0 Å². The average Bonchev–Trinajstić information content (AvgIpc) is 3.05. The van der Waals surface area contributed by atoms with Gasteiger partial charge in [-0.25, -0.2) is 4.79 Å². The lowest BCUT2D eigenvalue weighted by atomic mass is 10.1. The van der Waals surface area contributed by atoms with Crippen LogP contribution in [0.5, 0.6) is 11.5 Å². The van der Waals surface area contributed by atoms with Crippen molar-refractivity contribution in [2.75, 3.05) is 18.7 Å². The van der Waals surface area contributed by atoms with Crippen LogP contribution in [0.1, 0.15) is 29.2 Å². The number of urea groups is 1. The van der Waals surface area contributed by atoms with E-state index in [0.717, 1.165) is 16.8 Å². The number of anilines is 1. The molecule has 1 unspecified atom stereocenters. The predicted molar refractivity (Wildman–Crippen MR) is 95.1 cm³/mol. The number of carbonyl (C=O) groups is 1. The molecule has 0 saturated carbocycles. The van der Waals surface area contributed by atoms with E-state index in [0.29, 0.717) is 24.5 Å². The number of ether oxygens (including phenoxy) is 2. The van der Waals surface area contributed by atoms with Crippen LogP contribution in [0.3, 0.4) is 0 Å². The third kappa shape index (κ3) is 4.22. The highest BCUT2D eigenvalue weighted by atomic mass is 16.7. The summed E-state index contributed by atoms with van der Waals surface area (Å²) in [4.78, 5) is 11.9. The molecule has 0 aliphatic carbocycles. The van der Waals surface area contributed by atoms with Gasteiger partial charge in [-0.3, -0.25) is 0 Å². The van der Waals surface area contributed by atoms with Gasteiger partial charge in [0.15, 0.2) is 11.5 Å². The molecule has 3 rings (SSSR count). The first-order valence-electron chi connectivity index (χ1n) is 8.22. The quantitative estimate of drug-likeness (QED) is 0.779. The summed E-state index contributed by atoms with van der Waals surface area (Å²) in [6.07, 6.45) is -0.281. The van der Waals surface area contributed by atoms with Crippen LogP contribution in [-0.2, 0) is 0 Å². The topological polar surface area (TPSA) is 79.8 Å². The molecule has 0 aromatic heterocycles. The molecule has 0 fully saturated rings. The first-order chi connectivity index (χ1) is 12.0. The van der Waals surface area contributed by atoms with Gasteiger partial charge in [-0.05, 0) is 61.2 Å². The van der Waals surface area contributed by atoms with Gasteiger partial charge in [-0.1, -0.05) is 12.1 Å². The number of aliphatic hydroxyl groups excluding tert-OH is 1. The van der Waals surface area contributed by atoms with Gasteiger partial charge in [-0.15, -0.1) is 0 Å². The Labute approximate surface area is 146 Å². The summed E-state index contributed by atoms with van der Waals surface area (Å²) < 4.78 is 10.6. The van der Waals surface area contributed by atoms with Crippen molar-refractivity contribution >= 4 is 11.7 Å². The maximum Gasteiger partial charge on any atom is 0.319 e. The van der Waals surface area contributed by atoms with Gasteiger partial charge in [0.25, 0.3) is 0 Å². The number of nitrogens with one attached hydrogen (secondary N) is 2. The largest absolute Gasteiger partial charge is 0.454 e. The summed E-state index contributed by atoms with van der Waals surface area (Å²) >= 11 is 0. The van der Waals surface area contributed by atoms with Crippen LogP contribution in [0.4, 0.5) is 10.5 Å². The molecule has 132 valence electrons. The van der Waals surface area contributed by atoms with Crippen LogP contribution < -0.4 is 20.1 Å². The number of fused-ring (bicyclic) bond motifs is 1. The summed E-state index contributed by atoms with van der Waals surface area (Å²) in [5.41, 5.74) is 3.78. The van der Waals surface area contributed by atoms with Crippen LogP contribution in [0.15, 0.2) is 36.4 Å². The molecule has 2 aromatic carbocycles. The minimum absolute atomic E-state index is 0.203. The lowest BCUT2D eigenvalue weighted by Gasteiger charge is -2.13. The molecule has 1 aliphatic heterocycles. The Morgan fingerprint density at radius 2 is 1.92 bits per heavy atom. The molecule has 6 heteroatoms. The Morgan fingerprint density at radius 3 is 2.72 bits per heavy atom. The number of rotatable bonds is 5. The van der Waals surface area contributed by atoms with Crippen molar-refractivity contribution in [3.63, 3.8) is 0 Å². The Kier molecular flexibility index (Phi) is 5.09. The first-order valence-corrected chi connectivity index (χ1v) is 8.22. The van der Waals surface area contributed by atoms with E-state index >= 15 is 0 Å². The maximum atomic E-state index is 11.9. The zero-order valence-corrected chi connectivity index (χ0v) is 14.3. The summed E-state index contributed by atoms with van der Waals surface area (Å²) in [6.45, 7) is 4.58. The Balaban J connectivity index is 1.47. The van der Waals surface area contributed by atoms with Crippen molar-refractivity contribution in [2.45, 2.75) is 26.4 Å². The molecule has 2 aromatic rings. The number of benzene rings is 2. The molecule has 1 aliphatic rings. The SMILES string of the molecule is Cc1ccc(NC(=O)NCCC(O)c2ccc3c(c2)OCO3)cc1C. The van der Waals surface area contributed by atoms with E-state index < -0.39 is 6.10 Å². The molecule has 0 radical (unpaired) electrons. The number of aliphatic hydroxyl groups is 1. The van der Waals surface area contributed by atoms with E-state index in [1.807, 2.05) is 32.0 Å². The van der Waals surface area contributed by atoms with Crippen molar-refractivity contribution in [1.29, 1.82) is 0 Å². The van der Waals surface area contributed by atoms with Crippen molar-refractivity contribution in [2.24, 2.45) is 0 Å². The molecule has 0 bridgehead atoms. The fraction of sp³-hybridized carbons (Fsp3) is 0.316. The monoisotopic (exact) mass is 342 g/mol. The molecule has 2 amide bonds. The number of aryl methyl sites for hydroxylation is 2. The fourth-order valence-electron chi connectivity index (χ4n) is 2.60. The second kappa shape index (κ2) is 7.44. The highest BCUT2D eigenvalue weighted by Crippen LogP contribution is 2.34. The minimum Gasteiger partial charge on any atom is -0.454 e. The van der Waals surface area contributed by atoms with E-state index in [9.17, 15) is 9.90 Å². The summed E-state index contributed by atoms with van der Waals surface area (Å²) in [5, 5.41) is 15.8. The molecular weight excluding hydrogens is 320 g/mol. The molecule has 3 N–H and O–H groups in total. The van der Waals surface area contributed by atoms with Crippen molar-refractivity contribution in [3.05, 3.63) is 53.1 Å². The number of hydrogen-bond acceptors (Lipinski definition) is 4. The molecule has 0 saturated heterocycles. The van der Waals surface area contributed by atoms with Crippen LogP contribution in [0.25, 0.3) is 0 Å². The van der Waals surface area contributed by atoms with Gasteiger partial charge in [0, 0.05) is 12.2 Å². The summed E-state index contributed by atoms with van der Waals surface area (Å²) in [6, 6.07) is 10.8. The van der Waals surface area contributed by atoms with Gasteiger partial charge < -0.3 is 25.2 Å². The molecule has 1 atom stereocenters. The van der Waals surface area contributed by atoms with Gasteiger partial charge in [-0.2, -0.15) is 0 Å². The molecule has 1 heterocycles. The normalized spacial score (nSPS) is 13.4. The summed E-state index contributed by atoms with van der Waals surface area (Å²) in [7, 11) is 0. The Bertz CT molecular complexity index is 776. The van der Waals surface area contributed by atoms with E-state index in [1.54, 1.807) is 18.2 Å². The number of amides is 2. The average molecular weight is 342 g/mol. The smallest absolute Gasteiger partial charge is 0.319 e. The van der Waals surface area contributed by atoms with Crippen LogP contribution in [0, 0.1) is 13.8 Å². The van der Waals surface area contributed by atoms with Gasteiger partial charge in [0.2, 0.25) is 6.79 Å². The lowest BCUT2D eigenvalue weighted by molar-refractivity contribution is 0.165. The first kappa shape index (κ1) is 17.1. The van der Waals surface area contributed by atoms with E-state index in [-0.39, 0.29) is 12.8 Å². The molecule has 6 nitrogen and oxygen atoms in total. The summed E-state index contributed by atoms with van der Waals surface area (Å²) in [5.74, 6) is 1.32. The van der Waals surface area contributed by atoms with E-state index in [4.69, 9.17) is 9.47 Å². The second-order valence-corrected chi connectivity index (χ2v) is 6.10. The van der Waals surface area contributed by atoms with Crippen molar-refractivity contribution < 1.29 is 19.4 Å². The van der Waals surface area contributed by atoms with E-state index in [1.165, 1.54) is 5.56 Å². The Morgan fingerprint density at radius 1 is 1.12 bits per heavy atom. The molecule has 25 heavy (non-hydrogen) atoms. The van der Waals surface area contributed by atoms with Crippen LogP contribution in [-0.4, -0.2) is 24.5 Å². The highest BCUT2D eigenvalue weighted by molar-refractivity contribution is 5.89. The third-order valence-electron chi connectivity index (χ3n) is 4.25. The third-order valence-corrected chi connectivity index (χ3v) is 4.25. The van der Waals surface area contributed by atoms with Gasteiger partial charge in [0.05, 0.1) is 6.10 Å². The van der Waals surface area contributed by atoms with Crippen molar-refractivity contribution in [3.8, 4) is 11.5 Å². The molecule has 0 spiro atoms. The van der Waals surface area contributed by atoms with Crippen LogP contribution in [0.2, 0.25) is 0 Å². The minimum atomic E-state index is -0.684. The maximum absolute atomic E-state index is 11.9. The Hall–Kier alpha value is -2.73. The zero-order valence-electron chi connectivity index (χ0n) is 14.3. The lowest BCUT2D eigenvalue weighted by Crippen LogP contribution is -2.30. The number of carbonyl (C=O) groups excluding carboxylic acids is 1. The zero-order chi connectivity index (χ0) is 17.8. The van der Waals surface area contributed by atoms with Crippen molar-refractivity contribution in [1.82, 2.24) is 5.32 Å². The van der Waals surface area contributed by atoms with Gasteiger partial charge >= 0.3 is 6.03 Å². The standard InChI is InChI=1S/C19H22N2O4/c1-12-3-5-15(9-13(12)2)21-19(23)20-8-7-16(22)14-4-6-17-18(10-14)25-11-24-17/h3-6,9-10,16,22H,7-8,11H2,1-2H3,(H2,20,21,23). The highest BCUT2D eigenvalue weighted by Gasteiger charge is 2.16. The van der Waals surface area contributed by atoms with Crippen LogP contribution >= 0.6 is 0 Å². The van der Waals surface area contributed by atoms with E-state index in [2.05, 4.69) is 10.6 Å².